The maximum absolute atomic E-state index is 13.4. The van der Waals surface area contributed by atoms with Gasteiger partial charge in [0.25, 0.3) is 11.5 Å². The first-order chi connectivity index (χ1) is 14.3. The van der Waals surface area contributed by atoms with Crippen molar-refractivity contribution in [2.45, 2.75) is 6.92 Å². The maximum Gasteiger partial charge on any atom is 0.265 e. The number of anilines is 1. The van der Waals surface area contributed by atoms with Gasteiger partial charge in [0.05, 0.1) is 27.3 Å². The molecular weight excluding hydrogens is 412 g/mol. The molecule has 0 bridgehead atoms. The lowest BCUT2D eigenvalue weighted by Gasteiger charge is -2.14. The molecule has 8 heteroatoms. The molecule has 0 unspecified atom stereocenters. The van der Waals surface area contributed by atoms with E-state index in [0.717, 1.165) is 18.2 Å². The van der Waals surface area contributed by atoms with Crippen molar-refractivity contribution in [2.24, 2.45) is 0 Å². The highest BCUT2D eigenvalue weighted by atomic mass is 35.5. The minimum Gasteiger partial charge on any atom is -0.321 e. The van der Waals surface area contributed by atoms with Gasteiger partial charge in [-0.3, -0.25) is 14.2 Å². The number of hydrogen-bond donors (Lipinski definition) is 1. The third-order valence-electron chi connectivity index (χ3n) is 4.58. The Balaban J connectivity index is 1.76. The third-order valence-corrected chi connectivity index (χ3v) is 4.91. The summed E-state index contributed by atoms with van der Waals surface area (Å²) in [6, 6.07) is 14.5. The van der Waals surface area contributed by atoms with Crippen molar-refractivity contribution in [3.8, 4) is 5.69 Å². The number of aryl methyl sites for hydroxylation is 1. The fourth-order valence-corrected chi connectivity index (χ4v) is 3.29. The zero-order valence-electron chi connectivity index (χ0n) is 15.6. The Bertz CT molecular complexity index is 1370. The van der Waals surface area contributed by atoms with E-state index >= 15 is 0 Å². The largest absolute Gasteiger partial charge is 0.321 e. The predicted octanol–water partition coefficient (Wildman–Crippen LogP) is 4.88. The maximum atomic E-state index is 13.4. The lowest BCUT2D eigenvalue weighted by Crippen LogP contribution is -2.22. The molecule has 0 saturated heterocycles. The molecule has 1 aromatic heterocycles. The van der Waals surface area contributed by atoms with Crippen molar-refractivity contribution in [3.05, 3.63) is 99.1 Å². The molecule has 5 nitrogen and oxygen atoms in total. The van der Waals surface area contributed by atoms with E-state index in [-0.39, 0.29) is 21.8 Å². The summed E-state index contributed by atoms with van der Waals surface area (Å²) in [7, 11) is 0. The first-order valence-corrected chi connectivity index (χ1v) is 9.27. The Kier molecular flexibility index (Phi) is 5.05. The molecule has 30 heavy (non-hydrogen) atoms. The van der Waals surface area contributed by atoms with Gasteiger partial charge in [-0.25, -0.2) is 13.8 Å². The number of hydrogen-bond acceptors (Lipinski definition) is 3. The van der Waals surface area contributed by atoms with Crippen LogP contribution in [0, 0.1) is 18.6 Å². The Hall–Kier alpha value is -3.58. The molecule has 0 aliphatic carbocycles. The number of rotatable bonds is 3. The van der Waals surface area contributed by atoms with E-state index in [2.05, 4.69) is 10.3 Å². The van der Waals surface area contributed by atoms with E-state index in [0.29, 0.717) is 22.4 Å². The number of nitrogens with one attached hydrogen (secondary N) is 1. The van der Waals surface area contributed by atoms with Gasteiger partial charge in [0.2, 0.25) is 0 Å². The molecule has 1 heterocycles. The van der Waals surface area contributed by atoms with Crippen LogP contribution >= 0.6 is 11.6 Å². The highest BCUT2D eigenvalue weighted by molar-refractivity contribution is 6.34. The Labute approximate surface area is 174 Å². The quantitative estimate of drug-likeness (QED) is 0.509. The van der Waals surface area contributed by atoms with Crippen LogP contribution in [0.5, 0.6) is 0 Å². The van der Waals surface area contributed by atoms with Crippen LogP contribution in [0.2, 0.25) is 5.02 Å². The van der Waals surface area contributed by atoms with E-state index < -0.39 is 17.5 Å². The molecule has 0 fully saturated rings. The van der Waals surface area contributed by atoms with Crippen LogP contribution < -0.4 is 10.9 Å². The van der Waals surface area contributed by atoms with Crippen LogP contribution in [0.4, 0.5) is 14.5 Å². The minimum absolute atomic E-state index is 0.0731. The van der Waals surface area contributed by atoms with Crippen molar-refractivity contribution in [3.63, 3.8) is 0 Å². The fraction of sp³-hybridized carbons (Fsp3) is 0.0455. The summed E-state index contributed by atoms with van der Waals surface area (Å²) in [5, 5.41) is 3.23. The van der Waals surface area contributed by atoms with E-state index in [1.54, 1.807) is 37.3 Å². The summed E-state index contributed by atoms with van der Waals surface area (Å²) in [4.78, 5) is 29.9. The number of halogens is 3. The second-order valence-corrected chi connectivity index (χ2v) is 6.97. The van der Waals surface area contributed by atoms with Crippen LogP contribution in [0.1, 0.15) is 16.2 Å². The number of fused-ring (bicyclic) bond motifs is 1. The predicted molar refractivity (Wildman–Crippen MR) is 111 cm³/mol. The van der Waals surface area contributed by atoms with Gasteiger partial charge in [-0.15, -0.1) is 0 Å². The van der Waals surface area contributed by atoms with Crippen molar-refractivity contribution < 1.29 is 13.6 Å². The first kappa shape index (κ1) is 19.7. The van der Waals surface area contributed by atoms with Gasteiger partial charge in [0.1, 0.15) is 5.82 Å². The SMILES string of the molecule is Cc1nc2ccccc2c(=O)n1-c1ccc(Cl)c(NC(=O)c2ccc(F)c(F)c2)c1. The summed E-state index contributed by atoms with van der Waals surface area (Å²) in [5.74, 6) is -2.40. The van der Waals surface area contributed by atoms with E-state index in [4.69, 9.17) is 11.6 Å². The summed E-state index contributed by atoms with van der Waals surface area (Å²) >= 11 is 6.19. The van der Waals surface area contributed by atoms with Gasteiger partial charge in [0, 0.05) is 5.56 Å². The van der Waals surface area contributed by atoms with Crippen molar-refractivity contribution in [2.75, 3.05) is 5.32 Å². The van der Waals surface area contributed by atoms with Crippen molar-refractivity contribution in [1.82, 2.24) is 9.55 Å². The van der Waals surface area contributed by atoms with E-state index in [9.17, 15) is 18.4 Å². The van der Waals surface area contributed by atoms with Gasteiger partial charge in [0.15, 0.2) is 11.6 Å². The molecule has 0 saturated carbocycles. The number of para-hydroxylation sites is 1. The molecular formula is C22H14ClF2N3O2. The summed E-state index contributed by atoms with van der Waals surface area (Å²) in [6.07, 6.45) is 0. The van der Waals surface area contributed by atoms with Crippen molar-refractivity contribution in [1.29, 1.82) is 0 Å². The second kappa shape index (κ2) is 7.68. The van der Waals surface area contributed by atoms with Crippen LogP contribution in [0.15, 0.2) is 65.5 Å². The Morgan fingerprint density at radius 1 is 1.03 bits per heavy atom. The Morgan fingerprint density at radius 3 is 2.57 bits per heavy atom. The molecule has 3 aromatic carbocycles. The highest BCUT2D eigenvalue weighted by Crippen LogP contribution is 2.26. The topological polar surface area (TPSA) is 64.0 Å². The lowest BCUT2D eigenvalue weighted by molar-refractivity contribution is 0.102. The van der Waals surface area contributed by atoms with Gasteiger partial charge < -0.3 is 5.32 Å². The van der Waals surface area contributed by atoms with E-state index in [1.807, 2.05) is 0 Å². The van der Waals surface area contributed by atoms with Gasteiger partial charge >= 0.3 is 0 Å². The minimum atomic E-state index is -1.13. The molecule has 0 aliphatic heterocycles. The smallest absolute Gasteiger partial charge is 0.265 e. The first-order valence-electron chi connectivity index (χ1n) is 8.90. The molecule has 0 radical (unpaired) electrons. The summed E-state index contributed by atoms with van der Waals surface area (Å²) in [5.41, 5.74) is 0.899. The normalized spacial score (nSPS) is 10.9. The van der Waals surface area contributed by atoms with Crippen LogP contribution in [-0.4, -0.2) is 15.5 Å². The van der Waals surface area contributed by atoms with Gasteiger partial charge in [-0.05, 0) is 55.5 Å². The van der Waals surface area contributed by atoms with Gasteiger partial charge in [-0.1, -0.05) is 23.7 Å². The van der Waals surface area contributed by atoms with Crippen LogP contribution in [0.3, 0.4) is 0 Å². The second-order valence-electron chi connectivity index (χ2n) is 6.56. The van der Waals surface area contributed by atoms with Crippen LogP contribution in [-0.2, 0) is 0 Å². The van der Waals surface area contributed by atoms with Crippen LogP contribution in [0.25, 0.3) is 16.6 Å². The monoisotopic (exact) mass is 425 g/mol. The molecule has 0 atom stereocenters. The fourth-order valence-electron chi connectivity index (χ4n) is 3.13. The summed E-state index contributed by atoms with van der Waals surface area (Å²) < 4.78 is 28.0. The van der Waals surface area contributed by atoms with E-state index in [1.165, 1.54) is 16.7 Å². The number of carbonyl (C=O) groups is 1. The lowest BCUT2D eigenvalue weighted by atomic mass is 10.2. The zero-order valence-corrected chi connectivity index (χ0v) is 16.4. The average Bonchev–Trinajstić information content (AvgIpc) is 2.72. The molecule has 0 aliphatic rings. The molecule has 0 spiro atoms. The third kappa shape index (κ3) is 3.55. The number of nitrogens with zero attached hydrogens (tertiary/aromatic N) is 2. The number of aromatic nitrogens is 2. The average molecular weight is 426 g/mol. The standard InChI is InChI=1S/C22H14ClF2N3O2/c1-12-26-19-5-3-2-4-15(19)22(30)28(12)14-7-8-16(23)20(11-14)27-21(29)13-6-9-17(24)18(25)10-13/h2-11H,1H3,(H,27,29). The molecule has 1 amide bonds. The zero-order chi connectivity index (χ0) is 21.4. The molecule has 4 aromatic rings. The molecule has 4 rings (SSSR count). The van der Waals surface area contributed by atoms with Crippen molar-refractivity contribution >= 4 is 34.1 Å². The highest BCUT2D eigenvalue weighted by Gasteiger charge is 2.14. The number of benzene rings is 3. The number of carbonyl (C=O) groups excluding carboxylic acids is 1. The summed E-state index contributed by atoms with van der Waals surface area (Å²) in [6.45, 7) is 1.70. The molecule has 150 valence electrons. The number of amides is 1. The Morgan fingerprint density at radius 2 is 1.80 bits per heavy atom. The molecule has 1 N–H and O–H groups in total. The van der Waals surface area contributed by atoms with Gasteiger partial charge in [-0.2, -0.15) is 0 Å².